The van der Waals surface area contributed by atoms with Gasteiger partial charge < -0.3 is 15.2 Å². The van der Waals surface area contributed by atoms with E-state index in [0.29, 0.717) is 18.1 Å². The van der Waals surface area contributed by atoms with Crippen molar-refractivity contribution in [3.63, 3.8) is 0 Å². The number of carbonyl (C=O) groups is 1. The molecular weight excluding hydrogens is 218 g/mol. The van der Waals surface area contributed by atoms with E-state index in [2.05, 4.69) is 5.32 Å². The van der Waals surface area contributed by atoms with Crippen LogP contribution in [-0.2, 0) is 4.74 Å². The van der Waals surface area contributed by atoms with Gasteiger partial charge >= 0.3 is 0 Å². The van der Waals surface area contributed by atoms with Crippen LogP contribution in [0.2, 0.25) is 0 Å². The summed E-state index contributed by atoms with van der Waals surface area (Å²) in [6.45, 7) is 3.43. The summed E-state index contributed by atoms with van der Waals surface area (Å²) in [5, 5.41) is 12.5. The van der Waals surface area contributed by atoms with Crippen molar-refractivity contribution in [3.05, 3.63) is 29.8 Å². The van der Waals surface area contributed by atoms with Crippen molar-refractivity contribution >= 4 is 5.91 Å². The maximum atomic E-state index is 11.9. The molecule has 2 unspecified atom stereocenters. The Labute approximate surface area is 101 Å². The van der Waals surface area contributed by atoms with Gasteiger partial charge in [0.25, 0.3) is 5.91 Å². The fraction of sp³-hybridized carbons (Fsp3) is 0.462. The van der Waals surface area contributed by atoms with Crippen LogP contribution in [0.25, 0.3) is 0 Å². The molecule has 0 radical (unpaired) electrons. The summed E-state index contributed by atoms with van der Waals surface area (Å²) in [7, 11) is 0. The number of rotatable bonds is 3. The molecule has 2 N–H and O–H groups in total. The maximum Gasteiger partial charge on any atom is 0.255 e. The third-order valence-corrected chi connectivity index (χ3v) is 3.18. The van der Waals surface area contributed by atoms with Crippen LogP contribution >= 0.6 is 0 Å². The van der Waals surface area contributed by atoms with Crippen LogP contribution in [0.5, 0.6) is 5.75 Å². The highest BCUT2D eigenvalue weighted by Crippen LogP contribution is 2.19. The van der Waals surface area contributed by atoms with Gasteiger partial charge in [-0.25, -0.2) is 0 Å². The number of phenols is 1. The zero-order valence-corrected chi connectivity index (χ0v) is 9.85. The first kappa shape index (κ1) is 11.9. The number of para-hydroxylation sites is 1. The number of amides is 1. The molecule has 0 aromatic heterocycles. The molecule has 17 heavy (non-hydrogen) atoms. The summed E-state index contributed by atoms with van der Waals surface area (Å²) in [6.07, 6.45) is 0.974. The minimum atomic E-state index is -0.234. The predicted molar refractivity (Wildman–Crippen MR) is 64.0 cm³/mol. The normalized spacial score (nSPS) is 21.1. The molecule has 4 heteroatoms. The molecule has 0 bridgehead atoms. The van der Waals surface area contributed by atoms with Crippen LogP contribution in [0.4, 0.5) is 0 Å². The maximum absolute atomic E-state index is 11.9. The van der Waals surface area contributed by atoms with Crippen molar-refractivity contribution in [3.8, 4) is 5.75 Å². The molecule has 0 saturated carbocycles. The SMILES string of the molecule is CC(NC(=O)c1ccccc1O)C1CCOC1. The highest BCUT2D eigenvalue weighted by atomic mass is 16.5. The van der Waals surface area contributed by atoms with Gasteiger partial charge in [0.1, 0.15) is 5.75 Å². The lowest BCUT2D eigenvalue weighted by Crippen LogP contribution is -2.38. The molecule has 2 atom stereocenters. The van der Waals surface area contributed by atoms with Crippen LogP contribution in [0, 0.1) is 5.92 Å². The summed E-state index contributed by atoms with van der Waals surface area (Å²) in [4.78, 5) is 11.9. The van der Waals surface area contributed by atoms with E-state index in [1.54, 1.807) is 18.2 Å². The van der Waals surface area contributed by atoms with Crippen LogP contribution in [0.1, 0.15) is 23.7 Å². The quantitative estimate of drug-likeness (QED) is 0.835. The molecular formula is C13H17NO3. The van der Waals surface area contributed by atoms with Gasteiger partial charge in [0.05, 0.1) is 12.2 Å². The Bertz CT molecular complexity index is 399. The van der Waals surface area contributed by atoms with Gasteiger partial charge in [0.2, 0.25) is 0 Å². The lowest BCUT2D eigenvalue weighted by molar-refractivity contribution is 0.0919. The topological polar surface area (TPSA) is 58.6 Å². The Balaban J connectivity index is 1.99. The second-order valence-electron chi connectivity index (χ2n) is 4.40. The molecule has 1 heterocycles. The molecule has 1 aliphatic rings. The molecule has 0 aliphatic carbocycles. The summed E-state index contributed by atoms with van der Waals surface area (Å²) in [5.74, 6) is 0.146. The van der Waals surface area contributed by atoms with E-state index in [4.69, 9.17) is 4.74 Å². The first-order valence-electron chi connectivity index (χ1n) is 5.85. The van der Waals surface area contributed by atoms with Crippen molar-refractivity contribution in [1.82, 2.24) is 5.32 Å². The van der Waals surface area contributed by atoms with Crippen molar-refractivity contribution in [2.45, 2.75) is 19.4 Å². The van der Waals surface area contributed by atoms with Crippen LogP contribution in [-0.4, -0.2) is 30.3 Å². The number of aromatic hydroxyl groups is 1. The number of hydrogen-bond donors (Lipinski definition) is 2. The summed E-state index contributed by atoms with van der Waals surface area (Å²) in [5.41, 5.74) is 0.318. The number of hydrogen-bond acceptors (Lipinski definition) is 3. The molecule has 2 rings (SSSR count). The number of carbonyl (C=O) groups excluding carboxylic acids is 1. The van der Waals surface area contributed by atoms with Crippen LogP contribution < -0.4 is 5.32 Å². The molecule has 1 fully saturated rings. The Kier molecular flexibility index (Phi) is 3.64. The van der Waals surface area contributed by atoms with Gasteiger partial charge in [-0.1, -0.05) is 12.1 Å². The molecule has 1 saturated heterocycles. The van der Waals surface area contributed by atoms with E-state index >= 15 is 0 Å². The third-order valence-electron chi connectivity index (χ3n) is 3.18. The van der Waals surface area contributed by atoms with Gasteiger partial charge in [-0.05, 0) is 25.5 Å². The van der Waals surface area contributed by atoms with E-state index in [0.717, 1.165) is 13.0 Å². The Hall–Kier alpha value is -1.55. The van der Waals surface area contributed by atoms with E-state index in [1.807, 2.05) is 6.92 Å². The predicted octanol–water partition coefficient (Wildman–Crippen LogP) is 1.55. The number of phenolic OH excluding ortho intramolecular Hbond substituents is 1. The number of nitrogens with one attached hydrogen (secondary N) is 1. The van der Waals surface area contributed by atoms with Crippen molar-refractivity contribution < 1.29 is 14.6 Å². The molecule has 1 aromatic rings. The van der Waals surface area contributed by atoms with Gasteiger partial charge in [0, 0.05) is 18.6 Å². The first-order chi connectivity index (χ1) is 8.18. The lowest BCUT2D eigenvalue weighted by atomic mass is 10.0. The largest absolute Gasteiger partial charge is 0.507 e. The molecule has 1 amide bonds. The number of benzene rings is 1. The number of ether oxygens (including phenoxy) is 1. The average molecular weight is 235 g/mol. The van der Waals surface area contributed by atoms with Gasteiger partial charge in [-0.3, -0.25) is 4.79 Å². The zero-order chi connectivity index (χ0) is 12.3. The highest BCUT2D eigenvalue weighted by molar-refractivity contribution is 5.96. The molecule has 0 spiro atoms. The van der Waals surface area contributed by atoms with E-state index in [-0.39, 0.29) is 17.7 Å². The molecule has 4 nitrogen and oxygen atoms in total. The molecule has 1 aliphatic heterocycles. The monoisotopic (exact) mass is 235 g/mol. The summed E-state index contributed by atoms with van der Waals surface area (Å²) >= 11 is 0. The minimum absolute atomic E-state index is 0.0138. The highest BCUT2D eigenvalue weighted by Gasteiger charge is 2.24. The minimum Gasteiger partial charge on any atom is -0.507 e. The van der Waals surface area contributed by atoms with Gasteiger partial charge in [-0.2, -0.15) is 0 Å². The standard InChI is InChI=1S/C13H17NO3/c1-9(10-6-7-17-8-10)14-13(16)11-4-2-3-5-12(11)15/h2-5,9-10,15H,6-8H2,1H3,(H,14,16). The Morgan fingerprint density at radius 1 is 1.53 bits per heavy atom. The van der Waals surface area contributed by atoms with Crippen molar-refractivity contribution in [2.24, 2.45) is 5.92 Å². The van der Waals surface area contributed by atoms with Gasteiger partial charge in [-0.15, -0.1) is 0 Å². The van der Waals surface area contributed by atoms with Crippen molar-refractivity contribution in [1.29, 1.82) is 0 Å². The molecule has 92 valence electrons. The van der Waals surface area contributed by atoms with Crippen LogP contribution in [0.3, 0.4) is 0 Å². The average Bonchev–Trinajstić information content (AvgIpc) is 2.82. The first-order valence-corrected chi connectivity index (χ1v) is 5.85. The fourth-order valence-electron chi connectivity index (χ4n) is 2.02. The van der Waals surface area contributed by atoms with E-state index in [1.165, 1.54) is 6.07 Å². The van der Waals surface area contributed by atoms with E-state index in [9.17, 15) is 9.90 Å². The Morgan fingerprint density at radius 2 is 2.29 bits per heavy atom. The Morgan fingerprint density at radius 3 is 2.94 bits per heavy atom. The zero-order valence-electron chi connectivity index (χ0n) is 9.85. The van der Waals surface area contributed by atoms with E-state index < -0.39 is 0 Å². The van der Waals surface area contributed by atoms with Gasteiger partial charge in [0.15, 0.2) is 0 Å². The fourth-order valence-corrected chi connectivity index (χ4v) is 2.02. The van der Waals surface area contributed by atoms with Crippen LogP contribution in [0.15, 0.2) is 24.3 Å². The second-order valence-corrected chi connectivity index (χ2v) is 4.40. The summed E-state index contributed by atoms with van der Waals surface area (Å²) in [6, 6.07) is 6.61. The van der Waals surface area contributed by atoms with Crippen molar-refractivity contribution in [2.75, 3.05) is 13.2 Å². The second kappa shape index (κ2) is 5.19. The lowest BCUT2D eigenvalue weighted by Gasteiger charge is -2.19. The third kappa shape index (κ3) is 2.77. The smallest absolute Gasteiger partial charge is 0.255 e. The molecule has 1 aromatic carbocycles. The summed E-state index contributed by atoms with van der Waals surface area (Å²) < 4.78 is 5.29.